The molecule has 0 aliphatic carbocycles. The van der Waals surface area contributed by atoms with Crippen LogP contribution in [0.3, 0.4) is 0 Å². The van der Waals surface area contributed by atoms with Gasteiger partial charge in [0, 0.05) is 22.2 Å². The molecular formula is C21H18F3N3S2. The van der Waals surface area contributed by atoms with Crippen LogP contribution in [0.25, 0.3) is 16.3 Å². The van der Waals surface area contributed by atoms with E-state index in [0.29, 0.717) is 4.88 Å². The molecule has 8 heteroatoms. The van der Waals surface area contributed by atoms with E-state index in [1.165, 1.54) is 16.9 Å². The number of benzene rings is 1. The van der Waals surface area contributed by atoms with Crippen molar-refractivity contribution in [1.82, 2.24) is 15.3 Å². The Bertz CT molecular complexity index is 1060. The molecule has 3 nitrogen and oxygen atoms in total. The normalized spacial score (nSPS) is 17.1. The van der Waals surface area contributed by atoms with Gasteiger partial charge in [-0.15, -0.1) is 11.3 Å². The summed E-state index contributed by atoms with van der Waals surface area (Å²) in [5, 5.41) is 7.15. The van der Waals surface area contributed by atoms with Gasteiger partial charge in [0.15, 0.2) is 5.16 Å². The number of hydrogen-bond acceptors (Lipinski definition) is 5. The SMILES string of the molecule is CC1(C)Cc2ccccc2C(=CSc2nc(-c3cccs3)cc(C(F)(F)F)n2)N1. The van der Waals surface area contributed by atoms with Gasteiger partial charge in [0.2, 0.25) is 0 Å². The van der Waals surface area contributed by atoms with Gasteiger partial charge in [0.25, 0.3) is 0 Å². The van der Waals surface area contributed by atoms with Crippen LogP contribution >= 0.6 is 23.1 Å². The topological polar surface area (TPSA) is 37.8 Å². The lowest BCUT2D eigenvalue weighted by Gasteiger charge is -2.35. The van der Waals surface area contributed by atoms with Gasteiger partial charge >= 0.3 is 6.18 Å². The molecule has 4 rings (SSSR count). The van der Waals surface area contributed by atoms with Crippen LogP contribution in [0.1, 0.15) is 30.7 Å². The highest BCUT2D eigenvalue weighted by Crippen LogP contribution is 2.35. The smallest absolute Gasteiger partial charge is 0.379 e. The molecule has 0 atom stereocenters. The molecule has 0 bridgehead atoms. The molecule has 0 saturated carbocycles. The highest BCUT2D eigenvalue weighted by molar-refractivity contribution is 8.02. The van der Waals surface area contributed by atoms with Crippen LogP contribution in [0.4, 0.5) is 13.2 Å². The molecule has 0 radical (unpaired) electrons. The number of thioether (sulfide) groups is 1. The predicted octanol–water partition coefficient (Wildman–Crippen LogP) is 6.24. The molecule has 0 unspecified atom stereocenters. The summed E-state index contributed by atoms with van der Waals surface area (Å²) in [6.07, 6.45) is -3.66. The van der Waals surface area contributed by atoms with E-state index in [1.807, 2.05) is 23.6 Å². The maximum absolute atomic E-state index is 13.4. The van der Waals surface area contributed by atoms with Crippen LogP contribution < -0.4 is 5.32 Å². The summed E-state index contributed by atoms with van der Waals surface area (Å²) in [4.78, 5) is 8.78. The van der Waals surface area contributed by atoms with E-state index >= 15 is 0 Å². The van der Waals surface area contributed by atoms with E-state index in [4.69, 9.17) is 0 Å². The Labute approximate surface area is 175 Å². The Morgan fingerprint density at radius 1 is 1.14 bits per heavy atom. The van der Waals surface area contributed by atoms with E-state index in [1.54, 1.807) is 17.5 Å². The second kappa shape index (κ2) is 7.50. The number of alkyl halides is 3. The quantitative estimate of drug-likeness (QED) is 0.392. The summed E-state index contributed by atoms with van der Waals surface area (Å²) in [5.41, 5.74) is 2.30. The molecule has 1 aliphatic heterocycles. The highest BCUT2D eigenvalue weighted by Gasteiger charge is 2.34. The van der Waals surface area contributed by atoms with Gasteiger partial charge in [-0.25, -0.2) is 9.97 Å². The summed E-state index contributed by atoms with van der Waals surface area (Å²) in [7, 11) is 0. The number of nitrogens with one attached hydrogen (secondary N) is 1. The molecule has 0 amide bonds. The van der Waals surface area contributed by atoms with Gasteiger partial charge in [-0.05, 0) is 43.3 Å². The average Bonchev–Trinajstić information content (AvgIpc) is 3.19. The van der Waals surface area contributed by atoms with Gasteiger partial charge in [-0.3, -0.25) is 0 Å². The molecule has 0 fully saturated rings. The van der Waals surface area contributed by atoms with E-state index in [2.05, 4.69) is 35.2 Å². The molecular weight excluding hydrogens is 415 g/mol. The first-order chi connectivity index (χ1) is 13.7. The fraction of sp³-hybridized carbons (Fsp3) is 0.238. The summed E-state index contributed by atoms with van der Waals surface area (Å²) < 4.78 is 40.1. The third-order valence-corrected chi connectivity index (χ3v) is 6.10. The van der Waals surface area contributed by atoms with E-state index in [9.17, 15) is 13.2 Å². The third kappa shape index (κ3) is 4.48. The summed E-state index contributed by atoms with van der Waals surface area (Å²) in [5.74, 6) is 0. The minimum absolute atomic E-state index is 0.0679. The second-order valence-corrected chi connectivity index (χ2v) is 9.17. The van der Waals surface area contributed by atoms with Crippen molar-refractivity contribution in [2.45, 2.75) is 37.1 Å². The van der Waals surface area contributed by atoms with Crippen LogP contribution in [0, 0.1) is 0 Å². The van der Waals surface area contributed by atoms with Gasteiger partial charge in [0.05, 0.1) is 10.6 Å². The maximum atomic E-state index is 13.4. The zero-order valence-electron chi connectivity index (χ0n) is 15.7. The first-order valence-electron chi connectivity index (χ1n) is 8.95. The third-order valence-electron chi connectivity index (χ3n) is 4.46. The number of rotatable bonds is 3. The maximum Gasteiger partial charge on any atom is 0.433 e. The number of aromatic nitrogens is 2. The van der Waals surface area contributed by atoms with Crippen molar-refractivity contribution >= 4 is 28.8 Å². The molecule has 1 aliphatic rings. The molecule has 2 aromatic heterocycles. The summed E-state index contributed by atoms with van der Waals surface area (Å²) in [6, 6.07) is 12.6. The van der Waals surface area contributed by atoms with Gasteiger partial charge in [-0.2, -0.15) is 13.2 Å². The van der Waals surface area contributed by atoms with E-state index < -0.39 is 11.9 Å². The highest BCUT2D eigenvalue weighted by atomic mass is 32.2. The Hall–Kier alpha value is -2.32. The number of hydrogen-bond donors (Lipinski definition) is 1. The van der Waals surface area contributed by atoms with Crippen molar-refractivity contribution in [3.05, 3.63) is 70.1 Å². The Morgan fingerprint density at radius 3 is 2.66 bits per heavy atom. The van der Waals surface area contributed by atoms with Gasteiger partial charge < -0.3 is 5.32 Å². The summed E-state index contributed by atoms with van der Waals surface area (Å²) in [6.45, 7) is 4.19. The zero-order chi connectivity index (χ0) is 20.6. The van der Waals surface area contributed by atoms with Crippen LogP contribution in [0.5, 0.6) is 0 Å². The minimum Gasteiger partial charge on any atom is -0.379 e. The van der Waals surface area contributed by atoms with Crippen molar-refractivity contribution in [2.24, 2.45) is 0 Å². The first-order valence-corrected chi connectivity index (χ1v) is 10.7. The van der Waals surface area contributed by atoms with Gasteiger partial charge in [-0.1, -0.05) is 42.1 Å². The first kappa shape index (κ1) is 20.0. The van der Waals surface area contributed by atoms with Crippen molar-refractivity contribution in [3.8, 4) is 10.6 Å². The number of halogens is 3. The van der Waals surface area contributed by atoms with Crippen molar-refractivity contribution in [3.63, 3.8) is 0 Å². The lowest BCUT2D eigenvalue weighted by atomic mass is 9.86. The van der Waals surface area contributed by atoms with Crippen LogP contribution in [0.2, 0.25) is 0 Å². The largest absolute Gasteiger partial charge is 0.433 e. The molecule has 150 valence electrons. The van der Waals surface area contributed by atoms with Crippen molar-refractivity contribution in [1.29, 1.82) is 0 Å². The minimum atomic E-state index is -4.53. The van der Waals surface area contributed by atoms with Gasteiger partial charge in [0.1, 0.15) is 5.69 Å². The van der Waals surface area contributed by atoms with E-state index in [0.717, 1.165) is 35.5 Å². The molecule has 1 aromatic carbocycles. The Kier molecular flexibility index (Phi) is 5.16. The number of nitrogens with zero attached hydrogens (tertiary/aromatic N) is 2. The fourth-order valence-corrected chi connectivity index (χ4v) is 4.67. The van der Waals surface area contributed by atoms with Crippen LogP contribution in [0.15, 0.2) is 58.4 Å². The average molecular weight is 434 g/mol. The molecule has 3 aromatic rings. The lowest BCUT2D eigenvalue weighted by molar-refractivity contribution is -0.141. The molecule has 1 N–H and O–H groups in total. The van der Waals surface area contributed by atoms with Crippen LogP contribution in [-0.4, -0.2) is 15.5 Å². The molecule has 3 heterocycles. The molecule has 29 heavy (non-hydrogen) atoms. The zero-order valence-corrected chi connectivity index (χ0v) is 17.4. The fourth-order valence-electron chi connectivity index (χ4n) is 3.27. The van der Waals surface area contributed by atoms with Crippen LogP contribution in [-0.2, 0) is 12.6 Å². The standard InChI is InChI=1S/C21H18F3N3S2/c1-20(2)11-13-6-3-4-7-14(13)16(27-20)12-29-19-25-15(17-8-5-9-28-17)10-18(26-19)21(22,23)24/h3-10,12,27H,11H2,1-2H3. The Morgan fingerprint density at radius 2 is 1.93 bits per heavy atom. The van der Waals surface area contributed by atoms with E-state index in [-0.39, 0.29) is 16.4 Å². The predicted molar refractivity (Wildman–Crippen MR) is 112 cm³/mol. The summed E-state index contributed by atoms with van der Waals surface area (Å²) >= 11 is 2.44. The van der Waals surface area contributed by atoms with Crippen molar-refractivity contribution in [2.75, 3.05) is 0 Å². The number of thiophene rings is 1. The molecule has 0 spiro atoms. The number of fused-ring (bicyclic) bond motifs is 1. The Balaban J connectivity index is 1.72. The monoisotopic (exact) mass is 433 g/mol. The van der Waals surface area contributed by atoms with Crippen molar-refractivity contribution < 1.29 is 13.2 Å². The lowest BCUT2D eigenvalue weighted by Crippen LogP contribution is -2.43. The second-order valence-electron chi connectivity index (χ2n) is 7.39. The molecule has 0 saturated heterocycles.